The molecule has 1 aromatic carbocycles. The first kappa shape index (κ1) is 19.1. The molecule has 0 aliphatic carbocycles. The Balaban J connectivity index is 1.53. The molecule has 0 atom stereocenters. The number of benzene rings is 1. The third kappa shape index (κ3) is 3.71. The van der Waals surface area contributed by atoms with Gasteiger partial charge >= 0.3 is 0 Å². The minimum absolute atomic E-state index is 0.152. The summed E-state index contributed by atoms with van der Waals surface area (Å²) < 4.78 is 1.61. The predicted octanol–water partition coefficient (Wildman–Crippen LogP) is 3.56. The van der Waals surface area contributed by atoms with Gasteiger partial charge in [0, 0.05) is 34.0 Å². The van der Waals surface area contributed by atoms with Gasteiger partial charge in [0.1, 0.15) is 0 Å². The number of amides is 1. The van der Waals surface area contributed by atoms with Crippen molar-refractivity contribution in [1.29, 1.82) is 0 Å². The minimum atomic E-state index is -0.219. The van der Waals surface area contributed by atoms with E-state index in [1.54, 1.807) is 4.52 Å². The number of nitrogens with zero attached hydrogens (tertiary/aromatic N) is 3. The van der Waals surface area contributed by atoms with Gasteiger partial charge in [0.05, 0.1) is 12.1 Å². The van der Waals surface area contributed by atoms with Crippen molar-refractivity contribution in [2.45, 2.75) is 34.1 Å². The van der Waals surface area contributed by atoms with Crippen LogP contribution in [0.3, 0.4) is 0 Å². The first-order valence-electron chi connectivity index (χ1n) is 9.22. The van der Waals surface area contributed by atoms with Crippen LogP contribution in [0.25, 0.3) is 16.9 Å². The molecular weight excluding hydrogens is 386 g/mol. The van der Waals surface area contributed by atoms with E-state index in [9.17, 15) is 9.59 Å². The molecule has 4 aromatic rings. The number of hydrogen-bond donors (Lipinski definition) is 2. The molecule has 0 aliphatic heterocycles. The highest BCUT2D eigenvalue weighted by Crippen LogP contribution is 2.26. The molecule has 0 unspecified atom stereocenters. The third-order valence-corrected chi connectivity index (χ3v) is 5.85. The summed E-state index contributed by atoms with van der Waals surface area (Å²) in [4.78, 5) is 33.2. The molecular formula is C21H21N5O2S. The van der Waals surface area contributed by atoms with Crippen molar-refractivity contribution in [3.05, 3.63) is 68.1 Å². The molecule has 0 saturated carbocycles. The number of aromatic amines is 1. The molecule has 2 N–H and O–H groups in total. The van der Waals surface area contributed by atoms with Crippen LogP contribution >= 0.6 is 11.3 Å². The Labute approximate surface area is 171 Å². The minimum Gasteiger partial charge on any atom is -0.302 e. The summed E-state index contributed by atoms with van der Waals surface area (Å²) in [5, 5.41) is 8.07. The van der Waals surface area contributed by atoms with Crippen molar-refractivity contribution >= 4 is 28.0 Å². The zero-order valence-electron chi connectivity index (χ0n) is 16.7. The number of carbonyl (C=O) groups is 1. The van der Waals surface area contributed by atoms with Gasteiger partial charge in [-0.15, -0.1) is 11.3 Å². The molecule has 0 spiro atoms. The summed E-state index contributed by atoms with van der Waals surface area (Å²) in [7, 11) is 0. The van der Waals surface area contributed by atoms with E-state index in [2.05, 4.69) is 46.4 Å². The summed E-state index contributed by atoms with van der Waals surface area (Å²) in [6.45, 7) is 7.85. The summed E-state index contributed by atoms with van der Waals surface area (Å²) in [6.07, 6.45) is 0.152. The standard InChI is InChI=1S/C21H21N5O2S/c1-11-5-6-15(7-12(11)2)17-10-29-21(23-17)24-19(27)8-16-13(3)22-18-9-20(28)25-26(18)14(16)4/h5-7,9-10H,8H2,1-4H3,(H,25,28)(H,23,24,27). The van der Waals surface area contributed by atoms with Crippen molar-refractivity contribution in [3.8, 4) is 11.3 Å². The van der Waals surface area contributed by atoms with E-state index in [0.29, 0.717) is 10.8 Å². The van der Waals surface area contributed by atoms with Crippen molar-refractivity contribution < 1.29 is 4.79 Å². The molecule has 0 aliphatic rings. The molecule has 0 radical (unpaired) electrons. The van der Waals surface area contributed by atoms with E-state index < -0.39 is 0 Å². The van der Waals surface area contributed by atoms with Crippen LogP contribution in [0.5, 0.6) is 0 Å². The molecule has 3 heterocycles. The fraction of sp³-hybridized carbons (Fsp3) is 0.238. The summed E-state index contributed by atoms with van der Waals surface area (Å²) in [5.41, 5.74) is 6.95. The molecule has 1 amide bonds. The molecule has 3 aromatic heterocycles. The van der Waals surface area contributed by atoms with Crippen molar-refractivity contribution in [2.75, 3.05) is 5.32 Å². The van der Waals surface area contributed by atoms with Crippen LogP contribution in [0.4, 0.5) is 5.13 Å². The number of rotatable bonds is 4. The van der Waals surface area contributed by atoms with E-state index in [-0.39, 0.29) is 17.9 Å². The molecule has 0 saturated heterocycles. The van der Waals surface area contributed by atoms with E-state index in [4.69, 9.17) is 0 Å². The number of hydrogen-bond acceptors (Lipinski definition) is 5. The van der Waals surface area contributed by atoms with Crippen molar-refractivity contribution in [1.82, 2.24) is 19.6 Å². The van der Waals surface area contributed by atoms with Gasteiger partial charge in [-0.05, 0) is 44.9 Å². The van der Waals surface area contributed by atoms with E-state index in [1.165, 1.54) is 28.5 Å². The first-order valence-corrected chi connectivity index (χ1v) is 10.1. The van der Waals surface area contributed by atoms with Gasteiger partial charge in [-0.1, -0.05) is 12.1 Å². The fourth-order valence-corrected chi connectivity index (χ4v) is 4.04. The van der Waals surface area contributed by atoms with Gasteiger partial charge in [0.15, 0.2) is 10.8 Å². The second kappa shape index (κ2) is 7.29. The van der Waals surface area contributed by atoms with Gasteiger partial charge in [0.25, 0.3) is 5.56 Å². The highest BCUT2D eigenvalue weighted by Gasteiger charge is 2.15. The lowest BCUT2D eigenvalue weighted by atomic mass is 10.1. The maximum Gasteiger partial charge on any atom is 0.266 e. The second-order valence-corrected chi connectivity index (χ2v) is 8.00. The molecule has 8 heteroatoms. The zero-order valence-corrected chi connectivity index (χ0v) is 17.5. The van der Waals surface area contributed by atoms with Crippen molar-refractivity contribution in [3.63, 3.8) is 0 Å². The number of aryl methyl sites for hydroxylation is 4. The molecule has 148 valence electrons. The Morgan fingerprint density at radius 3 is 2.69 bits per heavy atom. The number of thiazole rings is 1. The number of carbonyl (C=O) groups excluding carboxylic acids is 1. The Bertz CT molecular complexity index is 1300. The Morgan fingerprint density at radius 2 is 1.93 bits per heavy atom. The molecule has 4 rings (SSSR count). The molecule has 0 fully saturated rings. The lowest BCUT2D eigenvalue weighted by Crippen LogP contribution is -2.17. The Hall–Kier alpha value is -3.26. The summed E-state index contributed by atoms with van der Waals surface area (Å²) >= 11 is 1.40. The van der Waals surface area contributed by atoms with Crippen LogP contribution in [0.15, 0.2) is 34.4 Å². The maximum absolute atomic E-state index is 12.6. The number of H-pyrrole nitrogens is 1. The number of nitrogens with one attached hydrogen (secondary N) is 2. The summed E-state index contributed by atoms with van der Waals surface area (Å²) in [5.74, 6) is -0.173. The topological polar surface area (TPSA) is 92.1 Å². The molecule has 7 nitrogen and oxygen atoms in total. The van der Waals surface area contributed by atoms with E-state index in [0.717, 1.165) is 28.2 Å². The van der Waals surface area contributed by atoms with Gasteiger partial charge in [-0.2, -0.15) is 0 Å². The molecule has 0 bridgehead atoms. The van der Waals surface area contributed by atoms with Gasteiger partial charge in [-0.25, -0.2) is 14.5 Å². The predicted molar refractivity (Wildman–Crippen MR) is 115 cm³/mol. The number of anilines is 1. The number of fused-ring (bicyclic) bond motifs is 1. The van der Waals surface area contributed by atoms with E-state index >= 15 is 0 Å². The SMILES string of the molecule is Cc1ccc(-c2csc(NC(=O)Cc3c(C)nc4cc(=O)[nH]n4c3C)n2)cc1C. The number of aromatic nitrogens is 4. The summed E-state index contributed by atoms with van der Waals surface area (Å²) in [6, 6.07) is 7.65. The highest BCUT2D eigenvalue weighted by atomic mass is 32.1. The van der Waals surface area contributed by atoms with Gasteiger partial charge < -0.3 is 5.32 Å². The zero-order chi connectivity index (χ0) is 20.7. The van der Waals surface area contributed by atoms with Crippen molar-refractivity contribution in [2.24, 2.45) is 0 Å². The van der Waals surface area contributed by atoms with Crippen LogP contribution in [-0.4, -0.2) is 25.5 Å². The largest absolute Gasteiger partial charge is 0.302 e. The Kier molecular flexibility index (Phi) is 4.79. The third-order valence-electron chi connectivity index (χ3n) is 5.09. The van der Waals surface area contributed by atoms with Gasteiger partial charge in [0.2, 0.25) is 5.91 Å². The fourth-order valence-electron chi connectivity index (χ4n) is 3.30. The average molecular weight is 407 g/mol. The van der Waals surface area contributed by atoms with Gasteiger partial charge in [-0.3, -0.25) is 14.7 Å². The first-order chi connectivity index (χ1) is 13.8. The lowest BCUT2D eigenvalue weighted by molar-refractivity contribution is -0.115. The maximum atomic E-state index is 12.6. The quantitative estimate of drug-likeness (QED) is 0.541. The van der Waals surface area contributed by atoms with Crippen LogP contribution in [0.2, 0.25) is 0 Å². The van der Waals surface area contributed by atoms with E-state index in [1.807, 2.05) is 25.3 Å². The normalized spacial score (nSPS) is 11.2. The smallest absolute Gasteiger partial charge is 0.266 e. The van der Waals surface area contributed by atoms with Crippen LogP contribution in [0, 0.1) is 27.7 Å². The molecule has 29 heavy (non-hydrogen) atoms. The lowest BCUT2D eigenvalue weighted by Gasteiger charge is -2.11. The Morgan fingerprint density at radius 1 is 1.14 bits per heavy atom. The monoisotopic (exact) mass is 407 g/mol. The van der Waals surface area contributed by atoms with Crippen LogP contribution < -0.4 is 10.9 Å². The highest BCUT2D eigenvalue weighted by molar-refractivity contribution is 7.14. The average Bonchev–Trinajstić information content (AvgIpc) is 3.27. The second-order valence-electron chi connectivity index (χ2n) is 7.14. The van der Waals surface area contributed by atoms with Crippen LogP contribution in [-0.2, 0) is 11.2 Å². The van der Waals surface area contributed by atoms with Crippen LogP contribution in [0.1, 0.15) is 28.1 Å².